The van der Waals surface area contributed by atoms with Crippen molar-refractivity contribution in [1.29, 1.82) is 0 Å². The van der Waals surface area contributed by atoms with E-state index < -0.39 is 19.9 Å². The molecule has 1 amide bonds. The monoisotopic (exact) mass is 499 g/mol. The summed E-state index contributed by atoms with van der Waals surface area (Å²) in [6.45, 7) is 6.14. The number of amides is 1. The molecule has 1 saturated heterocycles. The number of carbonyl (C=O) groups excluding carboxylic acids is 1. The van der Waals surface area contributed by atoms with Crippen LogP contribution >= 0.6 is 0 Å². The van der Waals surface area contributed by atoms with Crippen molar-refractivity contribution >= 4 is 31.5 Å². The fourth-order valence-corrected chi connectivity index (χ4v) is 8.44. The van der Waals surface area contributed by atoms with Crippen LogP contribution in [-0.2, 0) is 24.7 Å². The maximum Gasteiger partial charge on any atom is 0.243 e. The van der Waals surface area contributed by atoms with Gasteiger partial charge in [-0.3, -0.25) is 4.79 Å². The Hall–Kier alpha value is -1.65. The van der Waals surface area contributed by atoms with Crippen molar-refractivity contribution in [3.8, 4) is 0 Å². The van der Waals surface area contributed by atoms with E-state index >= 15 is 0 Å². The second-order valence-corrected chi connectivity index (χ2v) is 13.2. The molecule has 0 bridgehead atoms. The Morgan fingerprint density at radius 1 is 1.06 bits per heavy atom. The van der Waals surface area contributed by atoms with Crippen LogP contribution in [0.25, 0.3) is 0 Å². The number of hydrogen-bond acceptors (Lipinski definition) is 6. The Kier molecular flexibility index (Phi) is 8.45. The summed E-state index contributed by atoms with van der Waals surface area (Å²) in [5.41, 5.74) is 1.21. The van der Waals surface area contributed by atoms with Crippen LogP contribution in [0, 0.1) is 6.92 Å². The van der Waals surface area contributed by atoms with Crippen molar-refractivity contribution in [2.24, 2.45) is 0 Å². The molecule has 2 aliphatic rings. The summed E-state index contributed by atoms with van der Waals surface area (Å²) in [5, 5.41) is 3.10. The van der Waals surface area contributed by atoms with Crippen molar-refractivity contribution in [2.75, 3.05) is 36.5 Å². The second kappa shape index (κ2) is 10.7. The van der Waals surface area contributed by atoms with Gasteiger partial charge in [0.25, 0.3) is 0 Å². The predicted molar refractivity (Wildman–Crippen MR) is 131 cm³/mol. The number of aryl methyl sites for hydroxylation is 1. The number of rotatable bonds is 9. The zero-order valence-corrected chi connectivity index (χ0v) is 21.6. The minimum atomic E-state index is -3.62. The first kappa shape index (κ1) is 26.0. The third-order valence-electron chi connectivity index (χ3n) is 6.81. The van der Waals surface area contributed by atoms with Gasteiger partial charge in [0.15, 0.2) is 9.84 Å². The molecule has 0 aromatic heterocycles. The van der Waals surface area contributed by atoms with Crippen LogP contribution in [0.2, 0.25) is 0 Å². The van der Waals surface area contributed by atoms with Gasteiger partial charge in [0.05, 0.1) is 22.9 Å². The molecule has 10 heteroatoms. The molecule has 1 unspecified atom stereocenters. The molecule has 33 heavy (non-hydrogen) atoms. The predicted octanol–water partition coefficient (Wildman–Crippen LogP) is 2.79. The van der Waals surface area contributed by atoms with Crippen LogP contribution in [0.5, 0.6) is 0 Å². The Morgan fingerprint density at radius 2 is 1.73 bits per heavy atom. The van der Waals surface area contributed by atoms with Gasteiger partial charge in [-0.2, -0.15) is 4.31 Å². The highest BCUT2D eigenvalue weighted by atomic mass is 32.2. The fraction of sp³-hybridized carbons (Fsp3) is 0.696. The highest BCUT2D eigenvalue weighted by Crippen LogP contribution is 2.29. The maximum absolute atomic E-state index is 13.3. The third kappa shape index (κ3) is 6.08. The molecule has 3 rings (SSSR count). The van der Waals surface area contributed by atoms with Gasteiger partial charge < -0.3 is 10.2 Å². The molecule has 1 aromatic carbocycles. The molecule has 1 aliphatic heterocycles. The molecular weight excluding hydrogens is 462 g/mol. The molecule has 8 nitrogen and oxygen atoms in total. The number of sulfone groups is 1. The Bertz CT molecular complexity index is 1050. The molecule has 0 spiro atoms. The van der Waals surface area contributed by atoms with E-state index in [1.807, 2.05) is 4.90 Å². The van der Waals surface area contributed by atoms with E-state index in [9.17, 15) is 21.6 Å². The third-order valence-corrected chi connectivity index (χ3v) is 10.8. The van der Waals surface area contributed by atoms with Gasteiger partial charge in [-0.1, -0.05) is 39.2 Å². The summed E-state index contributed by atoms with van der Waals surface area (Å²) in [6.07, 6.45) is 5.53. The zero-order chi connectivity index (χ0) is 24.2. The number of benzene rings is 1. The van der Waals surface area contributed by atoms with Crippen molar-refractivity contribution in [1.82, 2.24) is 9.21 Å². The lowest BCUT2D eigenvalue weighted by Gasteiger charge is -2.38. The quantitative estimate of drug-likeness (QED) is 0.560. The van der Waals surface area contributed by atoms with Crippen LogP contribution in [0.4, 0.5) is 5.69 Å². The smallest absolute Gasteiger partial charge is 0.243 e. The second-order valence-electron chi connectivity index (χ2n) is 9.07. The fourth-order valence-electron chi connectivity index (χ4n) is 5.02. The largest absolute Gasteiger partial charge is 0.376 e. The van der Waals surface area contributed by atoms with Gasteiger partial charge in [-0.05, 0) is 43.9 Å². The lowest BCUT2D eigenvalue weighted by atomic mass is 9.93. The molecule has 1 atom stereocenters. The number of anilines is 1. The lowest BCUT2D eigenvalue weighted by molar-refractivity contribution is -0.134. The summed E-state index contributed by atoms with van der Waals surface area (Å²) < 4.78 is 51.6. The van der Waals surface area contributed by atoms with Gasteiger partial charge >= 0.3 is 0 Å². The zero-order valence-electron chi connectivity index (χ0n) is 19.9. The minimum absolute atomic E-state index is 0.000859. The highest BCUT2D eigenvalue weighted by molar-refractivity contribution is 7.91. The average Bonchev–Trinajstić information content (AvgIpc) is 3.13. The van der Waals surface area contributed by atoms with Crippen LogP contribution in [0.15, 0.2) is 23.1 Å². The van der Waals surface area contributed by atoms with E-state index in [0.717, 1.165) is 32.1 Å². The van der Waals surface area contributed by atoms with Crippen molar-refractivity contribution in [2.45, 2.75) is 76.3 Å². The highest BCUT2D eigenvalue weighted by Gasteiger charge is 2.38. The molecule has 186 valence electrons. The van der Waals surface area contributed by atoms with Gasteiger partial charge in [0.2, 0.25) is 15.9 Å². The summed E-state index contributed by atoms with van der Waals surface area (Å²) in [4.78, 5) is 15.4. The van der Waals surface area contributed by atoms with Crippen LogP contribution in [0.1, 0.15) is 57.9 Å². The molecule has 0 radical (unpaired) electrons. The Balaban J connectivity index is 1.77. The molecule has 1 N–H and O–H groups in total. The van der Waals surface area contributed by atoms with Gasteiger partial charge in [-0.25, -0.2) is 16.8 Å². The van der Waals surface area contributed by atoms with Crippen LogP contribution in [-0.4, -0.2) is 75.2 Å². The first-order valence-corrected chi connectivity index (χ1v) is 15.2. The van der Waals surface area contributed by atoms with E-state index in [2.05, 4.69) is 5.32 Å². The number of hydrogen-bond donors (Lipinski definition) is 1. The van der Waals surface area contributed by atoms with E-state index in [4.69, 9.17) is 0 Å². The summed E-state index contributed by atoms with van der Waals surface area (Å²) >= 11 is 0. The van der Waals surface area contributed by atoms with Crippen molar-refractivity contribution in [3.63, 3.8) is 0 Å². The summed E-state index contributed by atoms with van der Waals surface area (Å²) in [7, 11) is -6.73. The normalized spacial score (nSPS) is 21.3. The summed E-state index contributed by atoms with van der Waals surface area (Å²) in [5.74, 6) is 0.0377. The number of carbonyl (C=O) groups is 1. The molecule has 1 aliphatic carbocycles. The Labute approximate surface area is 198 Å². The first-order valence-electron chi connectivity index (χ1n) is 11.9. The number of sulfonamides is 1. The van der Waals surface area contributed by atoms with Crippen LogP contribution < -0.4 is 5.32 Å². The molecular formula is C23H37N3O5S2. The van der Waals surface area contributed by atoms with E-state index in [0.29, 0.717) is 30.8 Å². The topological polar surface area (TPSA) is 104 Å². The average molecular weight is 500 g/mol. The van der Waals surface area contributed by atoms with Gasteiger partial charge in [-0.15, -0.1) is 0 Å². The molecule has 2 fully saturated rings. The molecule has 1 aromatic rings. The lowest BCUT2D eigenvalue weighted by Crippen LogP contribution is -2.50. The maximum atomic E-state index is 13.3. The Morgan fingerprint density at radius 3 is 2.30 bits per heavy atom. The SMILES string of the molecule is CCN(CC)S(=O)(=O)c1cc(NCC(=O)N(C2CCCCC2)C2CCS(=O)(=O)C2)ccc1C. The number of nitrogens with one attached hydrogen (secondary N) is 1. The molecule has 1 heterocycles. The standard InChI is InChI=1S/C23H37N3O5S2/c1-4-25(5-2)33(30,31)22-15-19(12-11-18(22)3)24-16-23(27)26(20-9-7-6-8-10-20)21-13-14-32(28,29)17-21/h11-12,15,20-21,24H,4-10,13-14,16-17H2,1-3H3. The minimum Gasteiger partial charge on any atom is -0.376 e. The number of nitrogens with zero attached hydrogens (tertiary/aromatic N) is 2. The van der Waals surface area contributed by atoms with Crippen molar-refractivity contribution < 1.29 is 21.6 Å². The van der Waals surface area contributed by atoms with E-state index in [-0.39, 0.29) is 40.9 Å². The van der Waals surface area contributed by atoms with E-state index in [1.54, 1.807) is 39.0 Å². The van der Waals surface area contributed by atoms with Gasteiger partial charge in [0.1, 0.15) is 0 Å². The molecule has 1 saturated carbocycles. The first-order chi connectivity index (χ1) is 15.6. The van der Waals surface area contributed by atoms with Gasteiger partial charge in [0, 0.05) is 30.9 Å². The van der Waals surface area contributed by atoms with E-state index in [1.165, 1.54) is 4.31 Å². The summed E-state index contributed by atoms with van der Waals surface area (Å²) in [6, 6.07) is 4.90. The van der Waals surface area contributed by atoms with Crippen LogP contribution in [0.3, 0.4) is 0 Å². The van der Waals surface area contributed by atoms with Crippen molar-refractivity contribution in [3.05, 3.63) is 23.8 Å².